The van der Waals surface area contributed by atoms with Crippen LogP contribution in [-0.2, 0) is 0 Å². The first kappa shape index (κ1) is 15.8. The second-order valence-electron chi connectivity index (χ2n) is 6.06. The molecule has 1 fully saturated rings. The Morgan fingerprint density at radius 3 is 2.64 bits per heavy atom. The number of nitrogens with zero attached hydrogens (tertiary/aromatic N) is 1. The summed E-state index contributed by atoms with van der Waals surface area (Å²) < 4.78 is 7.04. The lowest BCUT2D eigenvalue weighted by Crippen LogP contribution is -2.30. The Morgan fingerprint density at radius 1 is 0.955 bits per heavy atom. The summed E-state index contributed by atoms with van der Waals surface area (Å²) in [6, 6.07) is 12.6. The van der Waals surface area contributed by atoms with Gasteiger partial charge >= 0.3 is 0 Å². The fourth-order valence-electron chi connectivity index (χ4n) is 3.13. The number of hydrogen-bond donors (Lipinski definition) is 0. The molecule has 0 radical (unpaired) electrons. The molecule has 3 rings (SSSR count). The molecule has 0 aromatic heterocycles. The first-order chi connectivity index (χ1) is 10.8. The minimum atomic E-state index is 0.796. The van der Waals surface area contributed by atoms with Gasteiger partial charge in [-0.25, -0.2) is 0 Å². The summed E-state index contributed by atoms with van der Waals surface area (Å²) in [7, 11) is 0. The van der Waals surface area contributed by atoms with Gasteiger partial charge in [-0.1, -0.05) is 36.8 Å². The van der Waals surface area contributed by atoms with Crippen molar-refractivity contribution >= 4 is 26.7 Å². The maximum absolute atomic E-state index is 5.97. The monoisotopic (exact) mass is 361 g/mol. The summed E-state index contributed by atoms with van der Waals surface area (Å²) in [5, 5.41) is 2.46. The Labute approximate surface area is 141 Å². The average Bonchev–Trinajstić information content (AvgIpc) is 2.58. The first-order valence-corrected chi connectivity index (χ1v) is 9.16. The quantitative estimate of drug-likeness (QED) is 0.651. The molecule has 0 bridgehead atoms. The van der Waals surface area contributed by atoms with Crippen LogP contribution < -0.4 is 4.74 Å². The molecule has 1 aliphatic heterocycles. The highest BCUT2D eigenvalue weighted by atomic mass is 79.9. The van der Waals surface area contributed by atoms with E-state index in [2.05, 4.69) is 57.2 Å². The molecule has 118 valence electrons. The van der Waals surface area contributed by atoms with E-state index >= 15 is 0 Å². The van der Waals surface area contributed by atoms with Crippen LogP contribution in [0.25, 0.3) is 10.8 Å². The average molecular weight is 362 g/mol. The predicted octanol–water partition coefficient (Wildman–Crippen LogP) is 5.25. The van der Waals surface area contributed by atoms with Crippen LogP contribution in [0.15, 0.2) is 40.9 Å². The molecule has 22 heavy (non-hydrogen) atoms. The molecule has 0 unspecified atom stereocenters. The van der Waals surface area contributed by atoms with Crippen molar-refractivity contribution in [3.63, 3.8) is 0 Å². The number of fused-ring (bicyclic) bond motifs is 1. The number of benzene rings is 2. The summed E-state index contributed by atoms with van der Waals surface area (Å²) in [6.07, 6.45) is 6.51. The van der Waals surface area contributed by atoms with Gasteiger partial charge in [-0.15, -0.1) is 0 Å². The molecule has 0 spiro atoms. The van der Waals surface area contributed by atoms with E-state index in [1.54, 1.807) is 0 Å². The molecular formula is C19H24BrNO. The molecule has 2 aromatic carbocycles. The van der Waals surface area contributed by atoms with E-state index in [-0.39, 0.29) is 0 Å². The normalized spacial score (nSPS) is 16.0. The van der Waals surface area contributed by atoms with Crippen LogP contribution in [0.3, 0.4) is 0 Å². The fraction of sp³-hybridized carbons (Fsp3) is 0.474. The van der Waals surface area contributed by atoms with E-state index in [1.165, 1.54) is 56.1 Å². The third kappa shape index (κ3) is 4.02. The molecule has 0 amide bonds. The molecule has 0 N–H and O–H groups in total. The SMILES string of the molecule is Brc1c(OCCCCN2CCCCC2)ccc2ccccc12. The van der Waals surface area contributed by atoms with Gasteiger partial charge in [0.15, 0.2) is 0 Å². The van der Waals surface area contributed by atoms with Gasteiger partial charge in [0.2, 0.25) is 0 Å². The number of rotatable bonds is 6. The number of piperidine rings is 1. The van der Waals surface area contributed by atoms with Crippen LogP contribution in [-0.4, -0.2) is 31.1 Å². The van der Waals surface area contributed by atoms with Gasteiger partial charge in [-0.05, 0) is 78.1 Å². The number of hydrogen-bond acceptors (Lipinski definition) is 2. The lowest BCUT2D eigenvalue weighted by molar-refractivity contribution is 0.216. The van der Waals surface area contributed by atoms with Gasteiger partial charge in [0.25, 0.3) is 0 Å². The highest BCUT2D eigenvalue weighted by Gasteiger charge is 2.09. The van der Waals surface area contributed by atoms with Gasteiger partial charge in [0.1, 0.15) is 5.75 Å². The van der Waals surface area contributed by atoms with Gasteiger partial charge in [-0.3, -0.25) is 0 Å². The summed E-state index contributed by atoms with van der Waals surface area (Å²) in [5.74, 6) is 0.955. The maximum Gasteiger partial charge on any atom is 0.134 e. The van der Waals surface area contributed by atoms with E-state index in [4.69, 9.17) is 4.74 Å². The van der Waals surface area contributed by atoms with Gasteiger partial charge in [0.05, 0.1) is 11.1 Å². The lowest BCUT2D eigenvalue weighted by Gasteiger charge is -2.26. The summed E-state index contributed by atoms with van der Waals surface area (Å²) >= 11 is 3.68. The van der Waals surface area contributed by atoms with E-state index < -0.39 is 0 Å². The molecule has 2 aromatic rings. The van der Waals surface area contributed by atoms with E-state index in [9.17, 15) is 0 Å². The Kier molecular flexibility index (Phi) is 5.74. The topological polar surface area (TPSA) is 12.5 Å². The second-order valence-corrected chi connectivity index (χ2v) is 6.85. The summed E-state index contributed by atoms with van der Waals surface area (Å²) in [5.41, 5.74) is 0. The van der Waals surface area contributed by atoms with Crippen LogP contribution in [0.1, 0.15) is 32.1 Å². The Balaban J connectivity index is 1.46. The van der Waals surface area contributed by atoms with Crippen LogP contribution >= 0.6 is 15.9 Å². The number of halogens is 1. The van der Waals surface area contributed by atoms with E-state index in [0.717, 1.165) is 23.2 Å². The first-order valence-electron chi connectivity index (χ1n) is 8.37. The van der Waals surface area contributed by atoms with Crippen LogP contribution in [0.2, 0.25) is 0 Å². The minimum Gasteiger partial charge on any atom is -0.492 e. The van der Waals surface area contributed by atoms with Crippen molar-refractivity contribution < 1.29 is 4.74 Å². The van der Waals surface area contributed by atoms with Crippen LogP contribution in [0.5, 0.6) is 5.75 Å². The Bertz CT molecular complexity index is 607. The summed E-state index contributed by atoms with van der Waals surface area (Å²) in [6.45, 7) is 4.60. The third-order valence-electron chi connectivity index (χ3n) is 4.40. The zero-order valence-electron chi connectivity index (χ0n) is 13.1. The zero-order valence-corrected chi connectivity index (χ0v) is 14.6. The van der Waals surface area contributed by atoms with E-state index in [1.807, 2.05) is 0 Å². The fourth-order valence-corrected chi connectivity index (χ4v) is 3.74. The largest absolute Gasteiger partial charge is 0.492 e. The molecule has 0 atom stereocenters. The zero-order chi connectivity index (χ0) is 15.2. The van der Waals surface area contributed by atoms with Crippen molar-refractivity contribution in [1.29, 1.82) is 0 Å². The Morgan fingerprint density at radius 2 is 1.77 bits per heavy atom. The van der Waals surface area contributed by atoms with Gasteiger partial charge in [0, 0.05) is 0 Å². The maximum atomic E-state index is 5.97. The molecule has 1 saturated heterocycles. The van der Waals surface area contributed by atoms with E-state index in [0.29, 0.717) is 0 Å². The number of likely N-dealkylation sites (tertiary alicyclic amines) is 1. The van der Waals surface area contributed by atoms with Gasteiger partial charge in [-0.2, -0.15) is 0 Å². The van der Waals surface area contributed by atoms with Crippen LogP contribution in [0.4, 0.5) is 0 Å². The van der Waals surface area contributed by atoms with Crippen molar-refractivity contribution in [3.05, 3.63) is 40.9 Å². The van der Waals surface area contributed by atoms with Crippen molar-refractivity contribution in [2.45, 2.75) is 32.1 Å². The molecular weight excluding hydrogens is 338 g/mol. The molecule has 1 aliphatic rings. The summed E-state index contributed by atoms with van der Waals surface area (Å²) in [4.78, 5) is 2.59. The predicted molar refractivity (Wildman–Crippen MR) is 96.7 cm³/mol. The van der Waals surface area contributed by atoms with Crippen molar-refractivity contribution in [3.8, 4) is 5.75 Å². The molecule has 3 heteroatoms. The lowest BCUT2D eigenvalue weighted by atomic mass is 10.1. The van der Waals surface area contributed by atoms with Crippen molar-refractivity contribution in [2.24, 2.45) is 0 Å². The smallest absolute Gasteiger partial charge is 0.134 e. The highest BCUT2D eigenvalue weighted by Crippen LogP contribution is 2.33. The van der Waals surface area contributed by atoms with Crippen molar-refractivity contribution in [2.75, 3.05) is 26.2 Å². The molecule has 1 heterocycles. The number of unbranched alkanes of at least 4 members (excludes halogenated alkanes) is 1. The highest BCUT2D eigenvalue weighted by molar-refractivity contribution is 9.10. The molecule has 0 aliphatic carbocycles. The minimum absolute atomic E-state index is 0.796. The number of ether oxygens (including phenoxy) is 1. The van der Waals surface area contributed by atoms with Crippen LogP contribution in [0, 0.1) is 0 Å². The Hall–Kier alpha value is -1.06. The van der Waals surface area contributed by atoms with Gasteiger partial charge < -0.3 is 9.64 Å². The molecule has 2 nitrogen and oxygen atoms in total. The standard InChI is InChI=1S/C19H24BrNO/c20-19-17-9-3-2-8-16(17)10-11-18(19)22-15-7-6-14-21-12-4-1-5-13-21/h2-3,8-11H,1,4-7,12-15H2. The third-order valence-corrected chi connectivity index (χ3v) is 5.22. The van der Waals surface area contributed by atoms with Crippen molar-refractivity contribution in [1.82, 2.24) is 4.90 Å². The second kappa shape index (κ2) is 7.98. The molecule has 0 saturated carbocycles.